The van der Waals surface area contributed by atoms with Crippen LogP contribution in [0.5, 0.6) is 17.2 Å². The summed E-state index contributed by atoms with van der Waals surface area (Å²) in [6, 6.07) is 13.2. The fraction of sp³-hybridized carbons (Fsp3) is 0.381. The van der Waals surface area contributed by atoms with Gasteiger partial charge >= 0.3 is 0 Å². The van der Waals surface area contributed by atoms with Gasteiger partial charge in [-0.15, -0.1) is 0 Å². The van der Waals surface area contributed by atoms with E-state index >= 15 is 0 Å². The highest BCUT2D eigenvalue weighted by Gasteiger charge is 2.23. The van der Waals surface area contributed by atoms with Crippen molar-refractivity contribution < 1.29 is 19.0 Å². The number of hydrogen-bond donors (Lipinski definition) is 0. The summed E-state index contributed by atoms with van der Waals surface area (Å²) >= 11 is 0. The molecule has 1 amide bonds. The quantitative estimate of drug-likeness (QED) is 0.783. The van der Waals surface area contributed by atoms with Gasteiger partial charge in [0, 0.05) is 49.9 Å². The minimum Gasteiger partial charge on any atom is -0.496 e. The number of ether oxygens (including phenoxy) is 3. The molecule has 1 aliphatic heterocycles. The number of hydrogen-bond acceptors (Lipinski definition) is 5. The fourth-order valence-corrected chi connectivity index (χ4v) is 3.33. The minimum atomic E-state index is 0.0962. The summed E-state index contributed by atoms with van der Waals surface area (Å²) in [5.41, 5.74) is 1.78. The molecule has 0 unspecified atom stereocenters. The van der Waals surface area contributed by atoms with Gasteiger partial charge in [0.05, 0.1) is 21.3 Å². The summed E-state index contributed by atoms with van der Waals surface area (Å²) in [4.78, 5) is 16.8. The van der Waals surface area contributed by atoms with Crippen LogP contribution in [0.2, 0.25) is 0 Å². The van der Waals surface area contributed by atoms with E-state index in [0.29, 0.717) is 24.6 Å². The van der Waals surface area contributed by atoms with Crippen molar-refractivity contribution in [1.29, 1.82) is 0 Å². The molecule has 1 saturated heterocycles. The van der Waals surface area contributed by atoms with Crippen molar-refractivity contribution in [3.63, 3.8) is 0 Å². The molecule has 0 aliphatic carbocycles. The number of piperazine rings is 1. The van der Waals surface area contributed by atoms with E-state index in [-0.39, 0.29) is 5.91 Å². The lowest BCUT2D eigenvalue weighted by Gasteiger charge is -2.35. The van der Waals surface area contributed by atoms with Crippen LogP contribution in [0.4, 0.5) is 0 Å². The van der Waals surface area contributed by atoms with Crippen LogP contribution >= 0.6 is 0 Å². The monoisotopic (exact) mass is 370 g/mol. The van der Waals surface area contributed by atoms with Crippen LogP contribution in [0.15, 0.2) is 42.5 Å². The molecule has 0 saturated carbocycles. The van der Waals surface area contributed by atoms with Gasteiger partial charge in [0.15, 0.2) is 11.5 Å². The molecule has 0 atom stereocenters. The first-order valence-electron chi connectivity index (χ1n) is 9.01. The highest BCUT2D eigenvalue weighted by Crippen LogP contribution is 2.35. The largest absolute Gasteiger partial charge is 0.496 e. The Morgan fingerprint density at radius 3 is 2.04 bits per heavy atom. The van der Waals surface area contributed by atoms with Gasteiger partial charge in [0.25, 0.3) is 5.91 Å². The Hall–Kier alpha value is -2.73. The molecule has 1 fully saturated rings. The van der Waals surface area contributed by atoms with E-state index in [0.717, 1.165) is 36.5 Å². The Morgan fingerprint density at radius 1 is 0.852 bits per heavy atom. The molecule has 0 aromatic heterocycles. The number of rotatable bonds is 6. The third-order valence-electron chi connectivity index (χ3n) is 4.86. The second kappa shape index (κ2) is 8.77. The molecule has 144 valence electrons. The van der Waals surface area contributed by atoms with E-state index in [9.17, 15) is 4.79 Å². The Kier molecular flexibility index (Phi) is 6.19. The maximum atomic E-state index is 12.6. The normalized spacial score (nSPS) is 14.7. The van der Waals surface area contributed by atoms with Gasteiger partial charge in [-0.2, -0.15) is 0 Å². The predicted octanol–water partition coefficient (Wildman–Crippen LogP) is 2.67. The molecule has 0 radical (unpaired) electrons. The molecule has 0 N–H and O–H groups in total. The second-order valence-electron chi connectivity index (χ2n) is 6.45. The zero-order valence-corrected chi connectivity index (χ0v) is 16.1. The lowest BCUT2D eigenvalue weighted by molar-refractivity contribution is 0.0627. The second-order valence-corrected chi connectivity index (χ2v) is 6.45. The number of methoxy groups -OCH3 is 3. The lowest BCUT2D eigenvalue weighted by atomic mass is 10.1. The van der Waals surface area contributed by atoms with Gasteiger partial charge in [0.1, 0.15) is 5.75 Å². The maximum Gasteiger partial charge on any atom is 0.253 e. The van der Waals surface area contributed by atoms with Gasteiger partial charge in [-0.3, -0.25) is 9.69 Å². The third kappa shape index (κ3) is 4.34. The van der Waals surface area contributed by atoms with Crippen LogP contribution in [0, 0.1) is 0 Å². The van der Waals surface area contributed by atoms with E-state index in [1.54, 1.807) is 21.3 Å². The highest BCUT2D eigenvalue weighted by atomic mass is 16.5. The first-order valence-corrected chi connectivity index (χ1v) is 9.01. The molecule has 27 heavy (non-hydrogen) atoms. The van der Waals surface area contributed by atoms with Gasteiger partial charge in [-0.25, -0.2) is 0 Å². The molecule has 3 rings (SSSR count). The molecule has 0 spiro atoms. The number of amides is 1. The van der Waals surface area contributed by atoms with E-state index in [4.69, 9.17) is 14.2 Å². The summed E-state index contributed by atoms with van der Waals surface area (Å²) in [5, 5.41) is 0. The first-order chi connectivity index (χ1) is 13.2. The average Bonchev–Trinajstić information content (AvgIpc) is 2.74. The van der Waals surface area contributed by atoms with Crippen LogP contribution in [-0.4, -0.2) is 63.2 Å². The first kappa shape index (κ1) is 19.0. The van der Waals surface area contributed by atoms with Crippen LogP contribution in [0.3, 0.4) is 0 Å². The average molecular weight is 370 g/mol. The molecular formula is C21H26N2O4. The van der Waals surface area contributed by atoms with E-state index in [1.165, 1.54) is 0 Å². The van der Waals surface area contributed by atoms with Crippen molar-refractivity contribution >= 4 is 5.91 Å². The Labute approximate surface area is 160 Å². The highest BCUT2D eigenvalue weighted by molar-refractivity contribution is 5.94. The topological polar surface area (TPSA) is 51.2 Å². The van der Waals surface area contributed by atoms with Gasteiger partial charge in [-0.05, 0) is 18.2 Å². The van der Waals surface area contributed by atoms with Crippen LogP contribution < -0.4 is 14.2 Å². The SMILES string of the molecule is COc1cc(OC)c(OC)cc1CN1CCN(C(=O)c2ccccc2)CC1. The molecule has 6 heteroatoms. The van der Waals surface area contributed by atoms with Gasteiger partial charge in [0.2, 0.25) is 0 Å². The van der Waals surface area contributed by atoms with E-state index < -0.39 is 0 Å². The third-order valence-corrected chi connectivity index (χ3v) is 4.86. The van der Waals surface area contributed by atoms with E-state index in [1.807, 2.05) is 47.4 Å². The van der Waals surface area contributed by atoms with Crippen LogP contribution in [-0.2, 0) is 6.54 Å². The maximum absolute atomic E-state index is 12.6. The Morgan fingerprint density at radius 2 is 1.44 bits per heavy atom. The summed E-state index contributed by atoms with van der Waals surface area (Å²) < 4.78 is 16.3. The molecule has 2 aromatic rings. The van der Waals surface area contributed by atoms with Crippen molar-refractivity contribution in [2.24, 2.45) is 0 Å². The fourth-order valence-electron chi connectivity index (χ4n) is 3.33. The van der Waals surface area contributed by atoms with Crippen molar-refractivity contribution in [2.45, 2.75) is 6.54 Å². The molecule has 0 bridgehead atoms. The Bertz CT molecular complexity index is 771. The predicted molar refractivity (Wildman–Crippen MR) is 104 cm³/mol. The molecular weight excluding hydrogens is 344 g/mol. The summed E-state index contributed by atoms with van der Waals surface area (Å²) in [6.45, 7) is 3.79. The molecule has 6 nitrogen and oxygen atoms in total. The zero-order chi connectivity index (χ0) is 19.2. The number of carbonyl (C=O) groups is 1. The van der Waals surface area contributed by atoms with Crippen LogP contribution in [0.1, 0.15) is 15.9 Å². The molecule has 2 aromatic carbocycles. The summed E-state index contributed by atoms with van der Waals surface area (Å²) in [6.07, 6.45) is 0. The zero-order valence-electron chi connectivity index (χ0n) is 16.1. The number of benzene rings is 2. The van der Waals surface area contributed by atoms with Crippen molar-refractivity contribution in [3.8, 4) is 17.2 Å². The lowest BCUT2D eigenvalue weighted by Crippen LogP contribution is -2.48. The smallest absolute Gasteiger partial charge is 0.253 e. The van der Waals surface area contributed by atoms with Crippen molar-refractivity contribution in [1.82, 2.24) is 9.80 Å². The molecule has 1 heterocycles. The Balaban J connectivity index is 1.65. The van der Waals surface area contributed by atoms with Crippen molar-refractivity contribution in [3.05, 3.63) is 53.6 Å². The van der Waals surface area contributed by atoms with E-state index in [2.05, 4.69) is 4.90 Å². The van der Waals surface area contributed by atoms with Crippen LogP contribution in [0.25, 0.3) is 0 Å². The van der Waals surface area contributed by atoms with Gasteiger partial charge in [-0.1, -0.05) is 18.2 Å². The van der Waals surface area contributed by atoms with Crippen molar-refractivity contribution in [2.75, 3.05) is 47.5 Å². The minimum absolute atomic E-state index is 0.0962. The standard InChI is InChI=1S/C21H26N2O4/c1-25-18-14-20(27-3)19(26-2)13-17(18)15-22-9-11-23(12-10-22)21(24)16-7-5-4-6-8-16/h4-8,13-14H,9-12,15H2,1-3H3. The number of carbonyl (C=O) groups excluding carboxylic acids is 1. The number of nitrogens with zero attached hydrogens (tertiary/aromatic N) is 2. The summed E-state index contributed by atoms with van der Waals surface area (Å²) in [7, 11) is 4.89. The van der Waals surface area contributed by atoms with Gasteiger partial charge < -0.3 is 19.1 Å². The summed E-state index contributed by atoms with van der Waals surface area (Å²) in [5.74, 6) is 2.21. The molecule has 1 aliphatic rings.